The van der Waals surface area contributed by atoms with Gasteiger partial charge in [-0.25, -0.2) is 9.13 Å². The Hall–Kier alpha value is -2.98. The number of allylic oxidation sites excluding steroid dienone is 8. The van der Waals surface area contributed by atoms with Crippen molar-refractivity contribution in [2.75, 3.05) is 39.6 Å². The second-order valence-corrected chi connectivity index (χ2v) is 27.8. The number of carbonyl (C=O) groups excluding carboxylic acids is 4. The fourth-order valence-electron chi connectivity index (χ4n) is 9.51. The van der Waals surface area contributed by atoms with Crippen molar-refractivity contribution >= 4 is 39.5 Å². The van der Waals surface area contributed by atoms with Gasteiger partial charge in [-0.2, -0.15) is 0 Å². The van der Waals surface area contributed by atoms with E-state index in [0.29, 0.717) is 37.5 Å². The van der Waals surface area contributed by atoms with Crippen LogP contribution in [-0.2, 0) is 65.4 Å². The average molecular weight is 1300 g/mol. The predicted molar refractivity (Wildman–Crippen MR) is 358 cm³/mol. The van der Waals surface area contributed by atoms with E-state index >= 15 is 0 Å². The molecule has 520 valence electrons. The van der Waals surface area contributed by atoms with Crippen LogP contribution in [0.4, 0.5) is 0 Å². The van der Waals surface area contributed by atoms with E-state index in [4.69, 9.17) is 37.0 Å². The smallest absolute Gasteiger partial charge is 0.462 e. The topological polar surface area (TPSA) is 237 Å². The van der Waals surface area contributed by atoms with Gasteiger partial charge < -0.3 is 33.8 Å². The van der Waals surface area contributed by atoms with Crippen molar-refractivity contribution in [3.63, 3.8) is 0 Å². The van der Waals surface area contributed by atoms with Crippen LogP contribution in [0.3, 0.4) is 0 Å². The zero-order valence-corrected chi connectivity index (χ0v) is 58.5. The normalized spacial score (nSPS) is 14.5. The summed E-state index contributed by atoms with van der Waals surface area (Å²) in [6.45, 7) is 9.26. The molecule has 0 aromatic carbocycles. The fraction of sp³-hybridized carbons (Fsp3) is 0.829. The lowest BCUT2D eigenvalue weighted by molar-refractivity contribution is -0.161. The highest BCUT2D eigenvalue weighted by molar-refractivity contribution is 7.47. The molecule has 5 atom stereocenters. The third-order valence-electron chi connectivity index (χ3n) is 15.0. The van der Waals surface area contributed by atoms with Crippen LogP contribution in [-0.4, -0.2) is 96.7 Å². The SMILES string of the molecule is CCCCCC/C=C\C=C/CCCCCCCC(=O)O[C@H](COC(=O)CCCCCCCCCC(C)C)COP(=O)(O)OCC(O)COP(=O)(O)OC[C@@H](COC(=O)CCCCCCCCC(C)C)OC(=O)CCCCCCC/C=C\C=C/CCCCCC. The monoisotopic (exact) mass is 1300 g/mol. The van der Waals surface area contributed by atoms with Crippen LogP contribution in [0, 0.1) is 11.8 Å². The molecular formula is C70H128O17P2. The molecule has 0 radical (unpaired) electrons. The average Bonchev–Trinajstić information content (AvgIpc) is 3.71. The van der Waals surface area contributed by atoms with E-state index in [1.165, 1.54) is 83.5 Å². The van der Waals surface area contributed by atoms with E-state index in [9.17, 15) is 43.2 Å². The van der Waals surface area contributed by atoms with Gasteiger partial charge in [-0.3, -0.25) is 37.3 Å². The van der Waals surface area contributed by atoms with Gasteiger partial charge in [-0.15, -0.1) is 0 Å². The van der Waals surface area contributed by atoms with Gasteiger partial charge in [0.15, 0.2) is 12.2 Å². The second kappa shape index (κ2) is 61.2. The molecule has 3 N–H and O–H groups in total. The standard InChI is InChI=1S/C70H128O17P2/c1-7-9-11-13-15-17-19-21-23-25-27-29-33-42-48-54-69(74)86-65(58-80-67(72)52-46-40-35-31-32-38-44-50-62(3)4)60-84-88(76,77)82-56-64(71)57-83-89(78,79)85-61-66(59-81-68(73)53-47-41-37-36-39-45-51-63(5)6)87-70(75)55-49-43-34-30-28-26-24-22-20-18-16-14-12-10-8-2/h17-24,62-66,71H,7-16,25-61H2,1-6H3,(H,76,77)(H,78,79)/b19-17-,20-18-,23-21-,24-22-/t64?,65-,66-/m1/s1. The molecule has 0 aliphatic heterocycles. The van der Waals surface area contributed by atoms with Crippen LogP contribution in [0.25, 0.3) is 0 Å². The molecule has 0 aliphatic carbocycles. The lowest BCUT2D eigenvalue weighted by Crippen LogP contribution is -2.30. The van der Waals surface area contributed by atoms with E-state index in [-0.39, 0.29) is 25.7 Å². The molecule has 0 aromatic heterocycles. The molecule has 0 saturated heterocycles. The third-order valence-corrected chi connectivity index (χ3v) is 16.9. The number of hydrogen-bond acceptors (Lipinski definition) is 15. The first-order valence-corrected chi connectivity index (χ1v) is 38.1. The summed E-state index contributed by atoms with van der Waals surface area (Å²) in [5.74, 6) is -0.816. The van der Waals surface area contributed by atoms with Crippen molar-refractivity contribution in [3.8, 4) is 0 Å². The summed E-state index contributed by atoms with van der Waals surface area (Å²) in [6.07, 6.45) is 51.9. The molecule has 0 bridgehead atoms. The summed E-state index contributed by atoms with van der Waals surface area (Å²) in [6, 6.07) is 0. The van der Waals surface area contributed by atoms with E-state index in [2.05, 4.69) is 90.2 Å². The van der Waals surface area contributed by atoms with Crippen LogP contribution in [0.15, 0.2) is 48.6 Å². The molecule has 89 heavy (non-hydrogen) atoms. The van der Waals surface area contributed by atoms with Crippen molar-refractivity contribution in [1.29, 1.82) is 0 Å². The summed E-state index contributed by atoms with van der Waals surface area (Å²) in [7, 11) is -9.92. The Morgan fingerprint density at radius 1 is 0.348 bits per heavy atom. The van der Waals surface area contributed by atoms with Gasteiger partial charge in [-0.1, -0.05) is 251 Å². The Morgan fingerprint density at radius 3 is 0.910 bits per heavy atom. The molecule has 19 heteroatoms. The van der Waals surface area contributed by atoms with Crippen molar-refractivity contribution in [2.24, 2.45) is 11.8 Å². The first-order chi connectivity index (χ1) is 42.9. The number of phosphoric acid groups is 2. The van der Waals surface area contributed by atoms with Gasteiger partial charge >= 0.3 is 39.5 Å². The molecule has 0 fully saturated rings. The van der Waals surface area contributed by atoms with Crippen LogP contribution in [0.5, 0.6) is 0 Å². The number of hydrogen-bond donors (Lipinski definition) is 3. The van der Waals surface area contributed by atoms with E-state index in [1.54, 1.807) is 0 Å². The van der Waals surface area contributed by atoms with Gasteiger partial charge in [-0.05, 0) is 88.9 Å². The summed E-state index contributed by atoms with van der Waals surface area (Å²) >= 11 is 0. The highest BCUT2D eigenvalue weighted by Crippen LogP contribution is 2.45. The first kappa shape index (κ1) is 86.0. The minimum absolute atomic E-state index is 0.0811. The lowest BCUT2D eigenvalue weighted by atomic mass is 10.0. The second-order valence-electron chi connectivity index (χ2n) is 24.8. The van der Waals surface area contributed by atoms with Crippen LogP contribution in [0.2, 0.25) is 0 Å². The highest BCUT2D eigenvalue weighted by Gasteiger charge is 2.30. The van der Waals surface area contributed by atoms with Crippen LogP contribution in [0.1, 0.15) is 305 Å². The zero-order valence-electron chi connectivity index (χ0n) is 56.7. The molecule has 0 aromatic rings. The summed E-state index contributed by atoms with van der Waals surface area (Å²) in [5.41, 5.74) is 0. The Balaban J connectivity index is 5.30. The number of aliphatic hydroxyl groups excluding tert-OH is 1. The zero-order chi connectivity index (χ0) is 65.7. The minimum atomic E-state index is -4.96. The lowest BCUT2D eigenvalue weighted by Gasteiger charge is -2.21. The summed E-state index contributed by atoms with van der Waals surface area (Å²) in [5, 5.41) is 10.6. The quantitative estimate of drug-likeness (QED) is 0.0169. The third kappa shape index (κ3) is 63.6. The first-order valence-electron chi connectivity index (χ1n) is 35.1. The van der Waals surface area contributed by atoms with Gasteiger partial charge in [0.2, 0.25) is 0 Å². The van der Waals surface area contributed by atoms with Crippen LogP contribution >= 0.6 is 15.6 Å². The Kier molecular flexibility index (Phi) is 59.2. The number of phosphoric ester groups is 2. The molecule has 0 saturated carbocycles. The number of unbranched alkanes of at least 4 members (excludes halogenated alkanes) is 29. The highest BCUT2D eigenvalue weighted by atomic mass is 31.2. The Labute approximate surface area is 540 Å². The molecule has 3 unspecified atom stereocenters. The molecule has 0 heterocycles. The molecule has 0 aliphatic rings. The van der Waals surface area contributed by atoms with Crippen molar-refractivity contribution in [1.82, 2.24) is 0 Å². The summed E-state index contributed by atoms with van der Waals surface area (Å²) < 4.78 is 68.1. The molecule has 0 rings (SSSR count). The number of ether oxygens (including phenoxy) is 4. The maximum atomic E-state index is 13.0. The maximum absolute atomic E-state index is 13.0. The fourth-order valence-corrected chi connectivity index (χ4v) is 11.1. The van der Waals surface area contributed by atoms with Gasteiger partial charge in [0, 0.05) is 25.7 Å². The van der Waals surface area contributed by atoms with E-state index < -0.39 is 97.5 Å². The largest absolute Gasteiger partial charge is 0.472 e. The van der Waals surface area contributed by atoms with Gasteiger partial charge in [0.1, 0.15) is 19.3 Å². The molecule has 0 spiro atoms. The van der Waals surface area contributed by atoms with E-state index in [0.717, 1.165) is 128 Å². The van der Waals surface area contributed by atoms with Gasteiger partial charge in [0.05, 0.1) is 26.4 Å². The van der Waals surface area contributed by atoms with Crippen molar-refractivity contribution in [3.05, 3.63) is 48.6 Å². The van der Waals surface area contributed by atoms with Gasteiger partial charge in [0.25, 0.3) is 0 Å². The molecule has 0 amide bonds. The number of rotatable bonds is 65. The van der Waals surface area contributed by atoms with E-state index in [1.807, 2.05) is 0 Å². The summed E-state index contributed by atoms with van der Waals surface area (Å²) in [4.78, 5) is 72.4. The molecule has 17 nitrogen and oxygen atoms in total. The predicted octanol–water partition coefficient (Wildman–Crippen LogP) is 19.1. The van der Waals surface area contributed by atoms with Crippen molar-refractivity contribution in [2.45, 2.75) is 323 Å². The maximum Gasteiger partial charge on any atom is 0.472 e. The van der Waals surface area contributed by atoms with Crippen molar-refractivity contribution < 1.29 is 80.2 Å². The van der Waals surface area contributed by atoms with Crippen LogP contribution < -0.4 is 0 Å². The number of esters is 4. The molecular weight excluding hydrogens is 1170 g/mol. The Bertz CT molecular complexity index is 1920. The Morgan fingerprint density at radius 2 is 0.607 bits per heavy atom. The minimum Gasteiger partial charge on any atom is -0.462 e. The number of aliphatic hydroxyl groups is 1. The number of carbonyl (C=O) groups is 4.